The molecular weight excluding hydrogens is 378 g/mol. The molecule has 4 rings (SSSR count). The van der Waals surface area contributed by atoms with Crippen molar-refractivity contribution < 1.29 is 13.2 Å². The summed E-state index contributed by atoms with van der Waals surface area (Å²) in [7, 11) is -3.45. The Bertz CT molecular complexity index is 887. The van der Waals surface area contributed by atoms with Crippen molar-refractivity contribution in [3.8, 4) is 0 Å². The van der Waals surface area contributed by atoms with Gasteiger partial charge in [-0.15, -0.1) is 0 Å². The third kappa shape index (κ3) is 4.33. The van der Waals surface area contributed by atoms with Crippen LogP contribution in [0.5, 0.6) is 0 Å². The molecule has 0 saturated carbocycles. The molecule has 0 aliphatic carbocycles. The van der Waals surface area contributed by atoms with Gasteiger partial charge in [-0.05, 0) is 37.1 Å². The molecule has 4 heterocycles. The highest BCUT2D eigenvalue weighted by molar-refractivity contribution is 7.86. The number of rotatable bonds is 5. The lowest BCUT2D eigenvalue weighted by Crippen LogP contribution is -2.51. The normalized spacial score (nSPS) is 22.1. The monoisotopic (exact) mass is 403 g/mol. The van der Waals surface area contributed by atoms with Crippen molar-refractivity contribution in [1.29, 1.82) is 0 Å². The van der Waals surface area contributed by atoms with Crippen molar-refractivity contribution in [1.82, 2.24) is 18.6 Å². The zero-order chi connectivity index (χ0) is 19.4. The fraction of sp³-hybridized carbons (Fsp3) is 0.474. The maximum absolute atomic E-state index is 13.0. The third-order valence-electron chi connectivity index (χ3n) is 5.12. The van der Waals surface area contributed by atoms with Crippen LogP contribution in [0.1, 0.15) is 24.5 Å². The molecule has 28 heavy (non-hydrogen) atoms. The van der Waals surface area contributed by atoms with Crippen LogP contribution in [0.25, 0.3) is 0 Å². The lowest BCUT2D eigenvalue weighted by Gasteiger charge is -2.36. The molecule has 0 radical (unpaired) electrons. The second kappa shape index (κ2) is 8.52. The van der Waals surface area contributed by atoms with Crippen molar-refractivity contribution in [3.63, 3.8) is 0 Å². The number of morpholine rings is 1. The Balaban J connectivity index is 1.48. The van der Waals surface area contributed by atoms with Crippen LogP contribution in [0.3, 0.4) is 0 Å². The number of aromatic nitrogens is 2. The zero-order valence-electron chi connectivity index (χ0n) is 15.7. The SMILES string of the molecule is O=S(=O)(N1CCOCC1)N1CCC[C@@H](c2cccc(Nc3ccccn3)n2)C1. The average molecular weight is 404 g/mol. The predicted molar refractivity (Wildman–Crippen MR) is 107 cm³/mol. The number of piperidine rings is 1. The highest BCUT2D eigenvalue weighted by Crippen LogP contribution is 2.29. The maximum Gasteiger partial charge on any atom is 0.282 e. The van der Waals surface area contributed by atoms with Gasteiger partial charge < -0.3 is 10.1 Å². The van der Waals surface area contributed by atoms with Crippen molar-refractivity contribution in [2.75, 3.05) is 44.7 Å². The molecule has 0 amide bonds. The summed E-state index contributed by atoms with van der Waals surface area (Å²) in [4.78, 5) is 8.97. The van der Waals surface area contributed by atoms with Gasteiger partial charge in [-0.2, -0.15) is 17.0 Å². The first-order valence-corrected chi connectivity index (χ1v) is 11.0. The van der Waals surface area contributed by atoms with Gasteiger partial charge in [0.15, 0.2) is 0 Å². The summed E-state index contributed by atoms with van der Waals surface area (Å²) in [5.41, 5.74) is 0.905. The predicted octanol–water partition coefficient (Wildman–Crippen LogP) is 1.98. The molecule has 1 N–H and O–H groups in total. The molecule has 0 spiro atoms. The largest absolute Gasteiger partial charge is 0.379 e. The molecule has 2 aliphatic rings. The van der Waals surface area contributed by atoms with E-state index in [9.17, 15) is 8.42 Å². The van der Waals surface area contributed by atoms with Crippen LogP contribution < -0.4 is 5.32 Å². The summed E-state index contributed by atoms with van der Waals surface area (Å²) in [6.45, 7) is 2.77. The minimum absolute atomic E-state index is 0.0787. The minimum atomic E-state index is -3.45. The van der Waals surface area contributed by atoms with Crippen LogP contribution in [0.2, 0.25) is 0 Å². The van der Waals surface area contributed by atoms with E-state index in [0.717, 1.165) is 24.4 Å². The summed E-state index contributed by atoms with van der Waals surface area (Å²) >= 11 is 0. The quantitative estimate of drug-likeness (QED) is 0.821. The van der Waals surface area contributed by atoms with Crippen molar-refractivity contribution in [2.45, 2.75) is 18.8 Å². The molecule has 0 bridgehead atoms. The molecule has 2 aromatic heterocycles. The van der Waals surface area contributed by atoms with E-state index in [2.05, 4.69) is 10.3 Å². The topological polar surface area (TPSA) is 87.7 Å². The van der Waals surface area contributed by atoms with Crippen LogP contribution in [0.4, 0.5) is 11.6 Å². The lowest BCUT2D eigenvalue weighted by atomic mass is 9.95. The summed E-state index contributed by atoms with van der Waals surface area (Å²) < 4.78 is 34.4. The van der Waals surface area contributed by atoms with Crippen LogP contribution in [-0.4, -0.2) is 66.4 Å². The molecule has 2 aromatic rings. The van der Waals surface area contributed by atoms with Gasteiger partial charge in [-0.25, -0.2) is 9.97 Å². The molecular formula is C19H25N5O3S. The number of nitrogens with zero attached hydrogens (tertiary/aromatic N) is 4. The minimum Gasteiger partial charge on any atom is -0.379 e. The number of ether oxygens (including phenoxy) is 1. The first-order valence-electron chi connectivity index (χ1n) is 9.61. The highest BCUT2D eigenvalue weighted by atomic mass is 32.2. The van der Waals surface area contributed by atoms with Gasteiger partial charge in [0.2, 0.25) is 0 Å². The fourth-order valence-electron chi connectivity index (χ4n) is 3.65. The fourth-order valence-corrected chi connectivity index (χ4v) is 5.32. The molecule has 8 nitrogen and oxygen atoms in total. The van der Waals surface area contributed by atoms with Gasteiger partial charge in [0.05, 0.1) is 13.2 Å². The van der Waals surface area contributed by atoms with E-state index < -0.39 is 10.2 Å². The first-order chi connectivity index (χ1) is 13.6. The van der Waals surface area contributed by atoms with Crippen molar-refractivity contribution >= 4 is 21.8 Å². The lowest BCUT2D eigenvalue weighted by molar-refractivity contribution is 0.0695. The molecule has 150 valence electrons. The standard InChI is InChI=1S/C19H25N5O3S/c25-28(26,23-11-13-27-14-12-23)24-10-4-5-16(15-24)17-6-3-8-19(21-17)22-18-7-1-2-9-20-18/h1-3,6-9,16H,4-5,10-15H2,(H,20,21,22)/t16-/m1/s1. The summed E-state index contributed by atoms with van der Waals surface area (Å²) in [6, 6.07) is 11.5. The number of pyridine rings is 2. The Morgan fingerprint density at radius 3 is 2.61 bits per heavy atom. The molecule has 1 atom stereocenters. The third-order valence-corrected chi connectivity index (χ3v) is 7.12. The summed E-state index contributed by atoms with van der Waals surface area (Å²) in [5, 5.41) is 3.20. The van der Waals surface area contributed by atoms with Crippen molar-refractivity contribution in [2.24, 2.45) is 0 Å². The Labute approximate surface area is 165 Å². The van der Waals surface area contributed by atoms with Crippen LogP contribution in [0.15, 0.2) is 42.6 Å². The molecule has 9 heteroatoms. The van der Waals surface area contributed by atoms with Crippen molar-refractivity contribution in [3.05, 3.63) is 48.3 Å². The van der Waals surface area contributed by atoms with E-state index in [1.807, 2.05) is 36.4 Å². The Hall–Kier alpha value is -2.07. The molecule has 2 fully saturated rings. The zero-order valence-corrected chi connectivity index (χ0v) is 16.5. The smallest absolute Gasteiger partial charge is 0.282 e. The van der Waals surface area contributed by atoms with Gasteiger partial charge in [-0.1, -0.05) is 12.1 Å². The van der Waals surface area contributed by atoms with Gasteiger partial charge in [0, 0.05) is 44.0 Å². The van der Waals surface area contributed by atoms with E-state index in [1.165, 1.54) is 4.31 Å². The van der Waals surface area contributed by atoms with E-state index in [1.54, 1.807) is 10.5 Å². The second-order valence-corrected chi connectivity index (χ2v) is 8.93. The average Bonchev–Trinajstić information content (AvgIpc) is 2.75. The summed E-state index contributed by atoms with van der Waals surface area (Å²) in [6.07, 6.45) is 3.48. The Morgan fingerprint density at radius 2 is 1.82 bits per heavy atom. The second-order valence-electron chi connectivity index (χ2n) is 7.00. The van der Waals surface area contributed by atoms with E-state index in [4.69, 9.17) is 9.72 Å². The number of anilines is 2. The Morgan fingerprint density at radius 1 is 1.00 bits per heavy atom. The number of hydrogen-bond donors (Lipinski definition) is 1. The van der Waals surface area contributed by atoms with E-state index in [-0.39, 0.29) is 5.92 Å². The van der Waals surface area contributed by atoms with Crippen LogP contribution in [-0.2, 0) is 14.9 Å². The molecule has 2 aliphatic heterocycles. The van der Waals surface area contributed by atoms with Gasteiger partial charge in [-0.3, -0.25) is 0 Å². The Kier molecular flexibility index (Phi) is 5.86. The van der Waals surface area contributed by atoms with Gasteiger partial charge in [0.25, 0.3) is 10.2 Å². The number of hydrogen-bond acceptors (Lipinski definition) is 6. The maximum atomic E-state index is 13.0. The van der Waals surface area contributed by atoms with Gasteiger partial charge >= 0.3 is 0 Å². The van der Waals surface area contributed by atoms with Crippen LogP contribution in [0, 0.1) is 0 Å². The number of nitrogens with one attached hydrogen (secondary N) is 1. The highest BCUT2D eigenvalue weighted by Gasteiger charge is 2.35. The van der Waals surface area contributed by atoms with E-state index in [0.29, 0.717) is 45.2 Å². The molecule has 0 aromatic carbocycles. The van der Waals surface area contributed by atoms with Gasteiger partial charge in [0.1, 0.15) is 11.6 Å². The van der Waals surface area contributed by atoms with Crippen LogP contribution >= 0.6 is 0 Å². The molecule has 2 saturated heterocycles. The molecule has 0 unspecified atom stereocenters. The van der Waals surface area contributed by atoms with E-state index >= 15 is 0 Å². The summed E-state index contributed by atoms with van der Waals surface area (Å²) in [5.74, 6) is 1.52. The first kappa shape index (κ1) is 19.3.